The van der Waals surface area contributed by atoms with E-state index in [1.54, 1.807) is 55.5 Å². The molecule has 1 atom stereocenters. The molecule has 2 amide bonds. The van der Waals surface area contributed by atoms with Crippen LogP contribution in [0.4, 0.5) is 5.69 Å². The van der Waals surface area contributed by atoms with Gasteiger partial charge in [-0.3, -0.25) is 13.9 Å². The molecular formula is C28H31Cl2N3O4S. The molecule has 3 aromatic rings. The lowest BCUT2D eigenvalue weighted by molar-refractivity contribution is -0.140. The van der Waals surface area contributed by atoms with Crippen LogP contribution in [0.25, 0.3) is 0 Å². The molecule has 3 aromatic carbocycles. The van der Waals surface area contributed by atoms with Gasteiger partial charge in [-0.15, -0.1) is 0 Å². The van der Waals surface area contributed by atoms with Gasteiger partial charge < -0.3 is 10.2 Å². The Hall–Kier alpha value is -3.07. The van der Waals surface area contributed by atoms with Gasteiger partial charge in [0.1, 0.15) is 12.6 Å². The number of carbonyl (C=O) groups excluding carboxylic acids is 2. The van der Waals surface area contributed by atoms with Crippen LogP contribution in [0.1, 0.15) is 30.0 Å². The molecule has 202 valence electrons. The summed E-state index contributed by atoms with van der Waals surface area (Å²) in [5, 5.41) is 3.27. The summed E-state index contributed by atoms with van der Waals surface area (Å²) in [7, 11) is -2.65. The van der Waals surface area contributed by atoms with Gasteiger partial charge in [0.2, 0.25) is 11.8 Å². The number of aryl methyl sites for hydroxylation is 2. The van der Waals surface area contributed by atoms with Gasteiger partial charge in [-0.25, -0.2) is 8.42 Å². The van der Waals surface area contributed by atoms with Crippen molar-refractivity contribution in [3.63, 3.8) is 0 Å². The minimum Gasteiger partial charge on any atom is -0.357 e. The van der Waals surface area contributed by atoms with Crippen LogP contribution >= 0.6 is 23.2 Å². The zero-order chi connectivity index (χ0) is 28.0. The third-order valence-electron chi connectivity index (χ3n) is 6.20. The summed E-state index contributed by atoms with van der Waals surface area (Å²) in [6.45, 7) is 4.87. The number of nitrogens with one attached hydrogen (secondary N) is 1. The number of carbonyl (C=O) groups is 2. The Balaban J connectivity index is 2.10. The fourth-order valence-corrected chi connectivity index (χ4v) is 6.01. The number of likely N-dealkylation sites (N-methyl/N-ethyl adjacent to an activating group) is 1. The first-order valence-electron chi connectivity index (χ1n) is 12.1. The summed E-state index contributed by atoms with van der Waals surface area (Å²) in [5.74, 6) is -0.957. The highest BCUT2D eigenvalue weighted by Gasteiger charge is 2.34. The molecule has 0 saturated heterocycles. The zero-order valence-corrected chi connectivity index (χ0v) is 24.1. The Morgan fingerprint density at radius 2 is 1.53 bits per heavy atom. The lowest BCUT2D eigenvalue weighted by Gasteiger charge is -2.33. The molecule has 0 heterocycles. The van der Waals surface area contributed by atoms with Crippen molar-refractivity contribution in [2.45, 2.75) is 44.7 Å². The van der Waals surface area contributed by atoms with Gasteiger partial charge in [0.05, 0.1) is 10.6 Å². The standard InChI is InChI=1S/C28H31Cl2N3O4S/c1-5-26(28(35)31-4)32(17-23-24(29)10-7-11-25(23)30)27(34)18-33(21-9-6-8-20(3)16-21)38(36,37)22-14-12-19(2)13-15-22/h6-16,26H,5,17-18H2,1-4H3,(H,31,35)/t26-/m0/s1. The van der Waals surface area contributed by atoms with E-state index in [1.807, 2.05) is 19.9 Å². The second-order valence-electron chi connectivity index (χ2n) is 8.92. The number of rotatable bonds is 10. The van der Waals surface area contributed by atoms with E-state index in [2.05, 4.69) is 5.32 Å². The monoisotopic (exact) mass is 575 g/mol. The first-order valence-corrected chi connectivity index (χ1v) is 14.3. The van der Waals surface area contributed by atoms with Crippen molar-refractivity contribution in [3.05, 3.63) is 93.5 Å². The van der Waals surface area contributed by atoms with Gasteiger partial charge in [-0.1, -0.05) is 66.0 Å². The zero-order valence-electron chi connectivity index (χ0n) is 21.7. The van der Waals surface area contributed by atoms with Crippen LogP contribution in [0.5, 0.6) is 0 Å². The van der Waals surface area contributed by atoms with Crippen LogP contribution in [0.3, 0.4) is 0 Å². The second kappa shape index (κ2) is 12.7. The van der Waals surface area contributed by atoms with Crippen LogP contribution in [0.15, 0.2) is 71.6 Å². The minimum atomic E-state index is -4.13. The predicted octanol–water partition coefficient (Wildman–Crippen LogP) is 5.36. The molecule has 1 N–H and O–H groups in total. The number of benzene rings is 3. The van der Waals surface area contributed by atoms with Gasteiger partial charge in [0.15, 0.2) is 0 Å². The minimum absolute atomic E-state index is 0.0523. The molecule has 0 saturated carbocycles. The number of hydrogen-bond acceptors (Lipinski definition) is 4. The van der Waals surface area contributed by atoms with E-state index >= 15 is 0 Å². The normalized spacial score (nSPS) is 12.1. The molecule has 0 unspecified atom stereocenters. The Bertz CT molecular complexity index is 1390. The molecule has 10 heteroatoms. The SMILES string of the molecule is CC[C@@H](C(=O)NC)N(Cc1c(Cl)cccc1Cl)C(=O)CN(c1cccc(C)c1)S(=O)(=O)c1ccc(C)cc1. The Labute approximate surface area is 234 Å². The number of nitrogens with zero attached hydrogens (tertiary/aromatic N) is 2. The van der Waals surface area contributed by atoms with Crippen molar-refractivity contribution in [3.8, 4) is 0 Å². The topological polar surface area (TPSA) is 86.8 Å². The maximum atomic E-state index is 13.9. The van der Waals surface area contributed by atoms with Gasteiger partial charge in [-0.2, -0.15) is 0 Å². The van der Waals surface area contributed by atoms with E-state index in [4.69, 9.17) is 23.2 Å². The Morgan fingerprint density at radius 3 is 2.08 bits per heavy atom. The fourth-order valence-electron chi connectivity index (χ4n) is 4.09. The van der Waals surface area contributed by atoms with Crippen molar-refractivity contribution < 1.29 is 18.0 Å². The van der Waals surface area contributed by atoms with Crippen LogP contribution in [0, 0.1) is 13.8 Å². The summed E-state index contributed by atoms with van der Waals surface area (Å²) in [6, 6.07) is 17.4. The van der Waals surface area contributed by atoms with Gasteiger partial charge in [-0.05, 0) is 62.2 Å². The van der Waals surface area contributed by atoms with E-state index < -0.39 is 28.5 Å². The highest BCUT2D eigenvalue weighted by atomic mass is 35.5. The van der Waals surface area contributed by atoms with Crippen molar-refractivity contribution in [1.29, 1.82) is 0 Å². The van der Waals surface area contributed by atoms with E-state index in [9.17, 15) is 18.0 Å². The maximum Gasteiger partial charge on any atom is 0.264 e. The average molecular weight is 577 g/mol. The van der Waals surface area contributed by atoms with Gasteiger partial charge in [0, 0.05) is 29.2 Å². The first-order chi connectivity index (χ1) is 18.0. The summed E-state index contributed by atoms with van der Waals surface area (Å²) in [5.41, 5.74) is 2.54. The molecule has 0 aliphatic carbocycles. The third kappa shape index (κ3) is 6.67. The number of amides is 2. The number of halogens is 2. The smallest absolute Gasteiger partial charge is 0.264 e. The Morgan fingerprint density at radius 1 is 0.921 bits per heavy atom. The lowest BCUT2D eigenvalue weighted by Crippen LogP contribution is -2.51. The molecule has 0 aromatic heterocycles. The third-order valence-corrected chi connectivity index (χ3v) is 8.70. The number of sulfonamides is 1. The Kier molecular flexibility index (Phi) is 9.82. The summed E-state index contributed by atoms with van der Waals surface area (Å²) in [4.78, 5) is 28.1. The molecular weight excluding hydrogens is 545 g/mol. The second-order valence-corrected chi connectivity index (χ2v) is 11.6. The highest BCUT2D eigenvalue weighted by molar-refractivity contribution is 7.92. The molecule has 0 aliphatic heterocycles. The summed E-state index contributed by atoms with van der Waals surface area (Å²) >= 11 is 12.8. The van der Waals surface area contributed by atoms with Crippen molar-refractivity contribution >= 4 is 50.7 Å². The van der Waals surface area contributed by atoms with Crippen LogP contribution < -0.4 is 9.62 Å². The van der Waals surface area contributed by atoms with Crippen molar-refractivity contribution in [2.24, 2.45) is 0 Å². The molecule has 0 spiro atoms. The summed E-state index contributed by atoms with van der Waals surface area (Å²) < 4.78 is 28.8. The maximum absolute atomic E-state index is 13.9. The molecule has 0 radical (unpaired) electrons. The quantitative estimate of drug-likeness (QED) is 0.352. The average Bonchev–Trinajstić information content (AvgIpc) is 2.88. The van der Waals surface area contributed by atoms with Gasteiger partial charge >= 0.3 is 0 Å². The predicted molar refractivity (Wildman–Crippen MR) is 152 cm³/mol. The lowest BCUT2D eigenvalue weighted by atomic mass is 10.1. The first kappa shape index (κ1) is 29.5. The van der Waals surface area contributed by atoms with E-state index in [0.29, 0.717) is 27.7 Å². The van der Waals surface area contributed by atoms with Crippen molar-refractivity contribution in [1.82, 2.24) is 10.2 Å². The molecule has 0 fully saturated rings. The van der Waals surface area contributed by atoms with Crippen LogP contribution in [0.2, 0.25) is 10.0 Å². The van der Waals surface area contributed by atoms with E-state index in [1.165, 1.54) is 24.1 Å². The molecule has 3 rings (SSSR count). The van der Waals surface area contributed by atoms with Gasteiger partial charge in [0.25, 0.3) is 10.0 Å². The fraction of sp³-hybridized carbons (Fsp3) is 0.286. The highest BCUT2D eigenvalue weighted by Crippen LogP contribution is 2.29. The largest absolute Gasteiger partial charge is 0.357 e. The molecule has 0 bridgehead atoms. The van der Waals surface area contributed by atoms with Crippen molar-refractivity contribution in [2.75, 3.05) is 17.9 Å². The molecule has 38 heavy (non-hydrogen) atoms. The van der Waals surface area contributed by atoms with Crippen LogP contribution in [-0.4, -0.2) is 44.8 Å². The molecule has 0 aliphatic rings. The van der Waals surface area contributed by atoms with Crippen LogP contribution in [-0.2, 0) is 26.2 Å². The van der Waals surface area contributed by atoms with E-state index in [-0.39, 0.29) is 17.3 Å². The summed E-state index contributed by atoms with van der Waals surface area (Å²) in [6.07, 6.45) is 0.294. The number of anilines is 1. The van der Waals surface area contributed by atoms with E-state index in [0.717, 1.165) is 15.4 Å². The number of hydrogen-bond donors (Lipinski definition) is 1. The molecule has 7 nitrogen and oxygen atoms in total.